The first kappa shape index (κ1) is 22.8. The highest BCUT2D eigenvalue weighted by Crippen LogP contribution is 2.19. The highest BCUT2D eigenvalue weighted by molar-refractivity contribution is 6.30. The fraction of sp³-hybridized carbons (Fsp3) is 0.389. The molecule has 0 aliphatic carbocycles. The summed E-state index contributed by atoms with van der Waals surface area (Å²) in [6.45, 7) is 4.40. The van der Waals surface area contributed by atoms with E-state index in [9.17, 15) is 14.4 Å². The van der Waals surface area contributed by atoms with Crippen LogP contribution in [-0.2, 0) is 28.6 Å². The lowest BCUT2D eigenvalue weighted by molar-refractivity contribution is -0.167. The summed E-state index contributed by atoms with van der Waals surface area (Å²) >= 11 is 11.7. The molecule has 27 heavy (non-hydrogen) atoms. The number of carbonyl (C=O) groups excluding carboxylic acids is 3. The minimum Gasteiger partial charge on any atom is -0.463 e. The Labute approximate surface area is 167 Å². The summed E-state index contributed by atoms with van der Waals surface area (Å²) in [4.78, 5) is 35.1. The van der Waals surface area contributed by atoms with E-state index >= 15 is 0 Å². The minimum absolute atomic E-state index is 0.0831. The summed E-state index contributed by atoms with van der Waals surface area (Å²) < 4.78 is 20.1. The maximum Gasteiger partial charge on any atom is 0.364 e. The Morgan fingerprint density at radius 3 is 2.26 bits per heavy atom. The Balaban J connectivity index is 2.79. The van der Waals surface area contributed by atoms with Gasteiger partial charge in [-0.05, 0) is 49.8 Å². The van der Waals surface area contributed by atoms with Crippen LogP contribution in [0.3, 0.4) is 0 Å². The topological polar surface area (TPSA) is 88.1 Å². The Kier molecular flexibility index (Phi) is 9.67. The molecule has 0 heterocycles. The van der Waals surface area contributed by atoms with Crippen molar-refractivity contribution in [3.63, 3.8) is 0 Å². The maximum absolute atomic E-state index is 12.2. The molecule has 1 aromatic rings. The first-order valence-corrected chi connectivity index (χ1v) is 8.79. The standard InChI is InChI=1S/C18H20Cl2O7/c1-4-24-17(22)15(11(2)9-10-25-12(3)21)27-18(23)16(20)26-14-7-5-13(19)6-8-14/h5-9,15-16H,4,10H2,1-3H3. The van der Waals surface area contributed by atoms with Gasteiger partial charge in [0, 0.05) is 11.9 Å². The smallest absolute Gasteiger partial charge is 0.364 e. The molecule has 1 aromatic carbocycles. The van der Waals surface area contributed by atoms with E-state index in [-0.39, 0.29) is 13.2 Å². The van der Waals surface area contributed by atoms with E-state index in [1.807, 2.05) is 0 Å². The molecule has 2 atom stereocenters. The highest BCUT2D eigenvalue weighted by atomic mass is 35.5. The number of rotatable bonds is 9. The number of hydrogen-bond acceptors (Lipinski definition) is 7. The van der Waals surface area contributed by atoms with Crippen LogP contribution in [0.5, 0.6) is 5.75 Å². The van der Waals surface area contributed by atoms with Crippen molar-refractivity contribution in [3.8, 4) is 5.75 Å². The van der Waals surface area contributed by atoms with Crippen molar-refractivity contribution in [2.45, 2.75) is 32.4 Å². The van der Waals surface area contributed by atoms with Crippen molar-refractivity contribution in [1.82, 2.24) is 0 Å². The second-order valence-electron chi connectivity index (χ2n) is 5.21. The Morgan fingerprint density at radius 1 is 1.07 bits per heavy atom. The molecule has 0 bridgehead atoms. The number of ether oxygens (including phenoxy) is 4. The molecule has 0 saturated carbocycles. The van der Waals surface area contributed by atoms with Crippen LogP contribution >= 0.6 is 23.2 Å². The summed E-state index contributed by atoms with van der Waals surface area (Å²) in [5.74, 6) is -1.95. The monoisotopic (exact) mass is 418 g/mol. The van der Waals surface area contributed by atoms with Gasteiger partial charge in [0.05, 0.1) is 6.61 Å². The summed E-state index contributed by atoms with van der Waals surface area (Å²) in [6, 6.07) is 6.18. The van der Waals surface area contributed by atoms with Gasteiger partial charge in [0.15, 0.2) is 0 Å². The lowest BCUT2D eigenvalue weighted by Crippen LogP contribution is -2.35. The zero-order chi connectivity index (χ0) is 20.4. The third-order valence-electron chi connectivity index (χ3n) is 3.08. The van der Waals surface area contributed by atoms with E-state index < -0.39 is 29.6 Å². The van der Waals surface area contributed by atoms with Crippen LogP contribution in [0.2, 0.25) is 5.02 Å². The third-order valence-corrected chi connectivity index (χ3v) is 3.60. The van der Waals surface area contributed by atoms with E-state index in [1.165, 1.54) is 32.1 Å². The number of hydrogen-bond donors (Lipinski definition) is 0. The fourth-order valence-electron chi connectivity index (χ4n) is 1.79. The second kappa shape index (κ2) is 11.5. The number of halogens is 2. The number of benzene rings is 1. The van der Waals surface area contributed by atoms with Crippen molar-refractivity contribution >= 4 is 41.1 Å². The van der Waals surface area contributed by atoms with Gasteiger partial charge in [-0.15, -0.1) is 0 Å². The molecule has 0 aromatic heterocycles. The minimum atomic E-state index is -1.50. The molecular weight excluding hydrogens is 399 g/mol. The largest absolute Gasteiger partial charge is 0.463 e. The molecule has 0 aliphatic rings. The molecule has 0 spiro atoms. The number of alkyl halides is 1. The van der Waals surface area contributed by atoms with Gasteiger partial charge in [-0.2, -0.15) is 0 Å². The molecule has 148 valence electrons. The van der Waals surface area contributed by atoms with Crippen molar-refractivity contribution in [1.29, 1.82) is 0 Å². The van der Waals surface area contributed by atoms with E-state index in [1.54, 1.807) is 19.1 Å². The summed E-state index contributed by atoms with van der Waals surface area (Å²) in [5.41, 5.74) is -1.18. The van der Waals surface area contributed by atoms with Crippen molar-refractivity contribution in [3.05, 3.63) is 40.9 Å². The SMILES string of the molecule is CCOC(=O)C(OC(=O)C(Cl)Oc1ccc(Cl)cc1)C(C)=CCOC(C)=O. The van der Waals surface area contributed by atoms with Gasteiger partial charge in [0.25, 0.3) is 5.56 Å². The van der Waals surface area contributed by atoms with Gasteiger partial charge in [-0.3, -0.25) is 4.79 Å². The third kappa shape index (κ3) is 8.32. The van der Waals surface area contributed by atoms with Gasteiger partial charge >= 0.3 is 17.9 Å². The Bertz CT molecular complexity index is 685. The van der Waals surface area contributed by atoms with Gasteiger partial charge in [0.2, 0.25) is 6.10 Å². The summed E-state index contributed by atoms with van der Waals surface area (Å²) in [7, 11) is 0. The van der Waals surface area contributed by atoms with Crippen molar-refractivity contribution in [2.75, 3.05) is 13.2 Å². The average Bonchev–Trinajstić information content (AvgIpc) is 2.61. The predicted molar refractivity (Wildman–Crippen MR) is 98.6 cm³/mol. The second-order valence-corrected chi connectivity index (χ2v) is 6.04. The van der Waals surface area contributed by atoms with Crippen LogP contribution in [0.4, 0.5) is 0 Å². The molecular formula is C18H20Cl2O7. The lowest BCUT2D eigenvalue weighted by atomic mass is 10.1. The number of esters is 3. The highest BCUT2D eigenvalue weighted by Gasteiger charge is 2.30. The van der Waals surface area contributed by atoms with Crippen molar-refractivity contribution < 1.29 is 33.3 Å². The van der Waals surface area contributed by atoms with Crippen LogP contribution in [0.25, 0.3) is 0 Å². The zero-order valence-electron chi connectivity index (χ0n) is 15.1. The van der Waals surface area contributed by atoms with Crippen LogP contribution in [0.15, 0.2) is 35.9 Å². The van der Waals surface area contributed by atoms with E-state index in [2.05, 4.69) is 0 Å². The maximum atomic E-state index is 12.2. The Morgan fingerprint density at radius 2 is 1.70 bits per heavy atom. The molecule has 0 saturated heterocycles. The molecule has 0 amide bonds. The summed E-state index contributed by atoms with van der Waals surface area (Å²) in [6.07, 6.45) is 0.0857. The van der Waals surface area contributed by atoms with E-state index in [0.29, 0.717) is 16.3 Å². The number of carbonyl (C=O) groups is 3. The first-order valence-electron chi connectivity index (χ1n) is 7.98. The van der Waals surface area contributed by atoms with Crippen LogP contribution in [0, 0.1) is 0 Å². The molecule has 9 heteroatoms. The molecule has 0 fully saturated rings. The quantitative estimate of drug-likeness (QED) is 0.263. The van der Waals surface area contributed by atoms with Gasteiger partial charge in [0.1, 0.15) is 12.4 Å². The molecule has 0 radical (unpaired) electrons. The normalized spacial score (nSPS) is 13.3. The molecule has 2 unspecified atom stereocenters. The molecule has 0 aliphatic heterocycles. The van der Waals surface area contributed by atoms with Gasteiger partial charge < -0.3 is 18.9 Å². The van der Waals surface area contributed by atoms with Gasteiger partial charge in [-0.1, -0.05) is 23.2 Å². The lowest BCUT2D eigenvalue weighted by Gasteiger charge is -2.19. The van der Waals surface area contributed by atoms with Crippen LogP contribution < -0.4 is 4.74 Å². The van der Waals surface area contributed by atoms with Gasteiger partial charge in [-0.25, -0.2) is 9.59 Å². The predicted octanol–water partition coefficient (Wildman–Crippen LogP) is 3.27. The Hall–Kier alpha value is -2.25. The molecule has 0 N–H and O–H groups in total. The van der Waals surface area contributed by atoms with Crippen molar-refractivity contribution in [2.24, 2.45) is 0 Å². The average molecular weight is 419 g/mol. The van der Waals surface area contributed by atoms with E-state index in [4.69, 9.17) is 42.1 Å². The zero-order valence-corrected chi connectivity index (χ0v) is 16.6. The van der Waals surface area contributed by atoms with Crippen LogP contribution in [-0.4, -0.2) is 42.8 Å². The van der Waals surface area contributed by atoms with E-state index in [0.717, 1.165) is 0 Å². The summed E-state index contributed by atoms with van der Waals surface area (Å²) in [5, 5.41) is 0.493. The molecule has 7 nitrogen and oxygen atoms in total. The first-order chi connectivity index (χ1) is 12.7. The fourth-order valence-corrected chi connectivity index (χ4v) is 2.07. The van der Waals surface area contributed by atoms with Crippen LogP contribution in [0.1, 0.15) is 20.8 Å². The molecule has 1 rings (SSSR count).